The zero-order valence-electron chi connectivity index (χ0n) is 35.2. The van der Waals surface area contributed by atoms with Crippen molar-refractivity contribution in [2.24, 2.45) is 0 Å². The van der Waals surface area contributed by atoms with Crippen LogP contribution < -0.4 is 25.2 Å². The first kappa shape index (κ1) is 45.2. The second-order valence-corrected chi connectivity index (χ2v) is 16.1. The SMILES string of the molecule is CC[C@H]1O[C@@H](n2ccc(=O)[nH]c2=O)[C@@H](OC(=O)c2ccccc2)C1OP(=O)(OCCC#N)Oc1ccc(COC(c2ccccc2)(c2ccc(OC)cc2)c2ccc(OC)cc2)cc1. The van der Waals surface area contributed by atoms with E-state index in [1.54, 1.807) is 75.7 Å². The Bertz CT molecular complexity index is 2640. The van der Waals surface area contributed by atoms with Gasteiger partial charge in [-0.3, -0.25) is 23.4 Å². The van der Waals surface area contributed by atoms with Crippen molar-refractivity contribution in [1.29, 1.82) is 5.26 Å². The second kappa shape index (κ2) is 20.6. The standard InChI is InChI=1S/C48H46N3O12P/c1-4-41-43(44(61-46(53)34-12-7-5-8-13-34)45(60-41)51-30-28-42(52)50-47(51)54)63-64(55,59-31-11-29-49)62-40-22-16-33(17-23-40)32-58-48(35-14-9-6-10-15-35,36-18-24-38(56-2)25-19-36)37-20-26-39(57-3)27-21-37/h5-10,12-28,30,41,43-45H,4,11,31-32H2,1-3H3,(H,50,52,54)/t41-,43?,44+,45-,64?/m1/s1. The number of carbonyl (C=O) groups excluding carboxylic acids is 1. The Balaban J connectivity index is 1.18. The van der Waals surface area contributed by atoms with Crippen molar-refractivity contribution in [3.8, 4) is 23.3 Å². The number of nitrogens with one attached hydrogen (secondary N) is 1. The van der Waals surface area contributed by atoms with Crippen LogP contribution in [0, 0.1) is 11.3 Å². The summed E-state index contributed by atoms with van der Waals surface area (Å²) in [5.41, 5.74) is 0.909. The van der Waals surface area contributed by atoms with Gasteiger partial charge in [-0.2, -0.15) is 5.26 Å². The lowest BCUT2D eigenvalue weighted by molar-refractivity contribution is -0.0518. The predicted octanol–water partition coefficient (Wildman–Crippen LogP) is 8.10. The third-order valence-electron chi connectivity index (χ3n) is 10.5. The van der Waals surface area contributed by atoms with Crippen molar-refractivity contribution in [3.63, 3.8) is 0 Å². The van der Waals surface area contributed by atoms with E-state index in [1.165, 1.54) is 6.20 Å². The topological polar surface area (TPSA) is 187 Å². The Hall–Kier alpha value is -6.79. The molecule has 16 heteroatoms. The zero-order valence-corrected chi connectivity index (χ0v) is 36.1. The Labute approximate surface area is 369 Å². The summed E-state index contributed by atoms with van der Waals surface area (Å²) >= 11 is 0. The second-order valence-electron chi connectivity index (χ2n) is 14.5. The molecule has 1 N–H and O–H groups in total. The first-order chi connectivity index (χ1) is 31.1. The van der Waals surface area contributed by atoms with Crippen LogP contribution >= 0.6 is 7.82 Å². The largest absolute Gasteiger partial charge is 0.530 e. The summed E-state index contributed by atoms with van der Waals surface area (Å²) < 4.78 is 63.8. The van der Waals surface area contributed by atoms with Gasteiger partial charge in [0.25, 0.3) is 5.56 Å². The van der Waals surface area contributed by atoms with Gasteiger partial charge in [0.2, 0.25) is 0 Å². The molecule has 0 amide bonds. The van der Waals surface area contributed by atoms with Crippen molar-refractivity contribution in [1.82, 2.24) is 9.55 Å². The fraction of sp³-hybridized carbons (Fsp3) is 0.250. The van der Waals surface area contributed by atoms with Gasteiger partial charge in [-0.15, -0.1) is 0 Å². The molecule has 1 aliphatic rings. The summed E-state index contributed by atoms with van der Waals surface area (Å²) in [7, 11) is -1.45. The number of H-pyrrole nitrogens is 1. The number of ether oxygens (including phenoxy) is 5. The van der Waals surface area contributed by atoms with Gasteiger partial charge < -0.3 is 28.2 Å². The highest BCUT2D eigenvalue weighted by Gasteiger charge is 2.52. The van der Waals surface area contributed by atoms with Gasteiger partial charge in [0.15, 0.2) is 12.3 Å². The van der Waals surface area contributed by atoms with Gasteiger partial charge >= 0.3 is 19.5 Å². The van der Waals surface area contributed by atoms with E-state index in [9.17, 15) is 24.2 Å². The predicted molar refractivity (Wildman–Crippen MR) is 234 cm³/mol. The van der Waals surface area contributed by atoms with Crippen LogP contribution in [-0.2, 0) is 40.0 Å². The third-order valence-corrected chi connectivity index (χ3v) is 12.0. The number of hydrogen-bond acceptors (Lipinski definition) is 13. The first-order valence-corrected chi connectivity index (χ1v) is 21.9. The van der Waals surface area contributed by atoms with Gasteiger partial charge in [-0.25, -0.2) is 14.2 Å². The molecule has 1 saturated heterocycles. The molecule has 0 aliphatic carbocycles. The number of carbonyl (C=O) groups is 1. The van der Waals surface area contributed by atoms with E-state index in [4.69, 9.17) is 37.3 Å². The normalized spacial score (nSPS) is 18.0. The highest BCUT2D eigenvalue weighted by molar-refractivity contribution is 7.49. The minimum atomic E-state index is -4.67. The van der Waals surface area contributed by atoms with E-state index in [2.05, 4.69) is 4.98 Å². The number of phosphoric ester groups is 1. The summed E-state index contributed by atoms with van der Waals surface area (Å²) in [5.74, 6) is 0.679. The van der Waals surface area contributed by atoms with Crippen LogP contribution in [-0.4, -0.2) is 54.7 Å². The maximum Gasteiger partial charge on any atom is 0.530 e. The molecule has 0 spiro atoms. The Morgan fingerprint density at radius 2 is 1.36 bits per heavy atom. The van der Waals surface area contributed by atoms with E-state index in [0.717, 1.165) is 32.9 Å². The number of esters is 1. The summed E-state index contributed by atoms with van der Waals surface area (Å²) in [6.07, 6.45) is -3.69. The highest BCUT2D eigenvalue weighted by atomic mass is 31.2. The monoisotopic (exact) mass is 887 g/mol. The molecular formula is C48H46N3O12P. The molecule has 1 aliphatic heterocycles. The van der Waals surface area contributed by atoms with Crippen molar-refractivity contribution in [3.05, 3.63) is 194 Å². The van der Waals surface area contributed by atoms with Crippen LogP contribution in [0.15, 0.2) is 155 Å². The number of aromatic amines is 1. The van der Waals surface area contributed by atoms with Crippen LogP contribution in [0.25, 0.3) is 0 Å². The average molecular weight is 888 g/mol. The smallest absolute Gasteiger partial charge is 0.497 e. The molecule has 64 heavy (non-hydrogen) atoms. The Morgan fingerprint density at radius 3 is 1.92 bits per heavy atom. The number of rotatable bonds is 19. The summed E-state index contributed by atoms with van der Waals surface area (Å²) in [6.45, 7) is 1.53. The van der Waals surface area contributed by atoms with Crippen LogP contribution in [0.5, 0.6) is 17.2 Å². The number of phosphoric acid groups is 1. The summed E-state index contributed by atoms with van der Waals surface area (Å²) in [5, 5.41) is 9.32. The Morgan fingerprint density at radius 1 is 0.781 bits per heavy atom. The van der Waals surface area contributed by atoms with E-state index in [-0.39, 0.29) is 37.4 Å². The molecule has 6 aromatic rings. The minimum Gasteiger partial charge on any atom is -0.497 e. The number of nitrogens with zero attached hydrogens (tertiary/aromatic N) is 2. The van der Waals surface area contributed by atoms with E-state index < -0.39 is 55.2 Å². The number of methoxy groups -OCH3 is 2. The fourth-order valence-electron chi connectivity index (χ4n) is 7.38. The average Bonchev–Trinajstić information content (AvgIpc) is 3.65. The number of nitriles is 1. The quantitative estimate of drug-likeness (QED) is 0.0356. The molecule has 0 radical (unpaired) electrons. The number of hydrogen-bond donors (Lipinski definition) is 1. The number of aromatic nitrogens is 2. The Kier molecular flexibility index (Phi) is 14.6. The molecule has 7 rings (SSSR count). The lowest BCUT2D eigenvalue weighted by Crippen LogP contribution is -2.41. The molecule has 2 unspecified atom stereocenters. The summed E-state index contributed by atoms with van der Waals surface area (Å²) in [6, 6.07) is 43.0. The lowest BCUT2D eigenvalue weighted by Gasteiger charge is -2.36. The molecule has 1 fully saturated rings. The lowest BCUT2D eigenvalue weighted by atomic mass is 9.80. The van der Waals surface area contributed by atoms with E-state index in [1.807, 2.05) is 84.9 Å². The molecule has 5 aromatic carbocycles. The van der Waals surface area contributed by atoms with Crippen LogP contribution in [0.1, 0.15) is 58.6 Å². The van der Waals surface area contributed by atoms with Gasteiger partial charge in [0, 0.05) is 12.3 Å². The van der Waals surface area contributed by atoms with Crippen LogP contribution in [0.4, 0.5) is 0 Å². The maximum absolute atomic E-state index is 14.7. The third kappa shape index (κ3) is 10.2. The molecule has 0 bridgehead atoms. The highest BCUT2D eigenvalue weighted by Crippen LogP contribution is 2.54. The van der Waals surface area contributed by atoms with E-state index in [0.29, 0.717) is 11.5 Å². The molecular weight excluding hydrogens is 842 g/mol. The number of benzene rings is 5. The molecule has 1 aromatic heterocycles. The molecule has 15 nitrogen and oxygen atoms in total. The van der Waals surface area contributed by atoms with Crippen LogP contribution in [0.2, 0.25) is 0 Å². The van der Waals surface area contributed by atoms with Crippen molar-refractivity contribution < 1.29 is 46.6 Å². The summed E-state index contributed by atoms with van der Waals surface area (Å²) in [4.78, 5) is 40.7. The molecule has 0 saturated carbocycles. The van der Waals surface area contributed by atoms with Crippen LogP contribution in [0.3, 0.4) is 0 Å². The fourth-order valence-corrected chi connectivity index (χ4v) is 8.78. The van der Waals surface area contributed by atoms with Crippen molar-refractivity contribution >= 4 is 13.8 Å². The molecule has 2 heterocycles. The maximum atomic E-state index is 14.7. The molecule has 5 atom stereocenters. The molecule has 330 valence electrons. The zero-order chi connectivity index (χ0) is 45.1. The van der Waals surface area contributed by atoms with Crippen molar-refractivity contribution in [2.75, 3.05) is 20.8 Å². The minimum absolute atomic E-state index is 0.0851. The van der Waals surface area contributed by atoms with Crippen molar-refractivity contribution in [2.45, 2.75) is 56.5 Å². The van der Waals surface area contributed by atoms with Gasteiger partial charge in [-0.05, 0) is 77.2 Å². The van der Waals surface area contributed by atoms with Gasteiger partial charge in [-0.1, -0.05) is 91.9 Å². The van der Waals surface area contributed by atoms with Gasteiger partial charge in [0.05, 0.1) is 51.6 Å². The van der Waals surface area contributed by atoms with Gasteiger partial charge in [0.1, 0.15) is 29.0 Å². The first-order valence-electron chi connectivity index (χ1n) is 20.4. The van der Waals surface area contributed by atoms with E-state index >= 15 is 0 Å².